The van der Waals surface area contributed by atoms with Crippen molar-refractivity contribution in [1.82, 2.24) is 5.32 Å². The van der Waals surface area contributed by atoms with Gasteiger partial charge in [0.25, 0.3) is 11.8 Å². The second kappa shape index (κ2) is 10.3. The van der Waals surface area contributed by atoms with Crippen molar-refractivity contribution in [2.75, 3.05) is 26.6 Å². The Balaban J connectivity index is 1.74. The molecule has 0 aliphatic heterocycles. The van der Waals surface area contributed by atoms with Crippen LogP contribution in [0, 0.1) is 0 Å². The molecule has 35 heavy (non-hydrogen) atoms. The van der Waals surface area contributed by atoms with Gasteiger partial charge in [0.1, 0.15) is 16.3 Å². The molecule has 0 radical (unpaired) electrons. The van der Waals surface area contributed by atoms with Gasteiger partial charge in [-0.15, -0.1) is 11.3 Å². The third-order valence-corrected chi connectivity index (χ3v) is 6.27. The molecule has 0 unspecified atom stereocenters. The third kappa shape index (κ3) is 4.82. The molecule has 2 heterocycles. The standard InChI is InChI=1S/C25H22N2O7S/c1-31-17-11-14(12-18(32-2)22(17)33-3)23(29)27-25-20(24(30)26-13-15-7-6-10-34-15)21(28)16-8-4-5-9-19(16)35-25/h4-12H,13H2,1-3H3,(H,26,30)(H,27,29). The number of carbonyl (C=O) groups excluding carboxylic acids is 2. The van der Waals surface area contributed by atoms with Crippen molar-refractivity contribution in [3.8, 4) is 17.2 Å². The number of methoxy groups -OCH3 is 3. The number of benzene rings is 2. The van der Waals surface area contributed by atoms with Crippen LogP contribution in [0.4, 0.5) is 5.00 Å². The zero-order valence-corrected chi connectivity index (χ0v) is 20.0. The molecule has 10 heteroatoms. The zero-order chi connectivity index (χ0) is 24.9. The number of rotatable bonds is 8. The summed E-state index contributed by atoms with van der Waals surface area (Å²) in [5.41, 5.74) is -0.466. The van der Waals surface area contributed by atoms with Gasteiger partial charge in [-0.05, 0) is 36.4 Å². The Morgan fingerprint density at radius 1 is 0.943 bits per heavy atom. The van der Waals surface area contributed by atoms with Gasteiger partial charge in [-0.1, -0.05) is 12.1 Å². The number of carbonyl (C=O) groups is 2. The highest BCUT2D eigenvalue weighted by Gasteiger charge is 2.23. The van der Waals surface area contributed by atoms with E-state index >= 15 is 0 Å². The first-order valence-corrected chi connectivity index (χ1v) is 11.3. The maximum absolute atomic E-state index is 13.3. The van der Waals surface area contributed by atoms with Crippen molar-refractivity contribution in [2.24, 2.45) is 0 Å². The van der Waals surface area contributed by atoms with Crippen molar-refractivity contribution in [2.45, 2.75) is 6.54 Å². The molecule has 0 spiro atoms. The van der Waals surface area contributed by atoms with Gasteiger partial charge in [0, 0.05) is 15.6 Å². The van der Waals surface area contributed by atoms with Crippen molar-refractivity contribution < 1.29 is 28.2 Å². The van der Waals surface area contributed by atoms with Crippen molar-refractivity contribution in [1.29, 1.82) is 0 Å². The summed E-state index contributed by atoms with van der Waals surface area (Å²) in [5, 5.41) is 5.89. The molecule has 0 saturated heterocycles. The van der Waals surface area contributed by atoms with Gasteiger partial charge in [0.15, 0.2) is 11.5 Å². The van der Waals surface area contributed by atoms with E-state index in [-0.39, 0.29) is 22.7 Å². The van der Waals surface area contributed by atoms with E-state index in [9.17, 15) is 14.4 Å². The molecule has 0 fully saturated rings. The number of ether oxygens (including phenoxy) is 3. The third-order valence-electron chi connectivity index (χ3n) is 5.18. The average molecular weight is 495 g/mol. The molecule has 2 aromatic carbocycles. The Bertz CT molecular complexity index is 1420. The second-order valence-electron chi connectivity index (χ2n) is 7.26. The topological polar surface area (TPSA) is 116 Å². The SMILES string of the molecule is COc1cc(C(=O)Nc2sc3ccccc3c(=O)c2C(=O)NCc2ccco2)cc(OC)c1OC. The van der Waals surface area contributed by atoms with Crippen LogP contribution in [-0.2, 0) is 6.54 Å². The molecule has 2 amide bonds. The smallest absolute Gasteiger partial charge is 0.258 e. The minimum atomic E-state index is -0.631. The molecule has 180 valence electrons. The predicted molar refractivity (Wildman–Crippen MR) is 132 cm³/mol. The van der Waals surface area contributed by atoms with E-state index in [2.05, 4.69) is 10.6 Å². The summed E-state index contributed by atoms with van der Waals surface area (Å²) in [6.45, 7) is 0.0863. The van der Waals surface area contributed by atoms with E-state index in [1.165, 1.54) is 39.7 Å². The highest BCUT2D eigenvalue weighted by molar-refractivity contribution is 7.22. The molecule has 0 bridgehead atoms. The van der Waals surface area contributed by atoms with Gasteiger partial charge in [-0.25, -0.2) is 0 Å². The highest BCUT2D eigenvalue weighted by atomic mass is 32.1. The fraction of sp³-hybridized carbons (Fsp3) is 0.160. The molecule has 0 atom stereocenters. The molecule has 0 aliphatic carbocycles. The van der Waals surface area contributed by atoms with Gasteiger partial charge < -0.3 is 29.3 Å². The van der Waals surface area contributed by atoms with E-state index in [4.69, 9.17) is 18.6 Å². The summed E-state index contributed by atoms with van der Waals surface area (Å²) in [6, 6.07) is 13.3. The maximum Gasteiger partial charge on any atom is 0.258 e. The fourth-order valence-electron chi connectivity index (χ4n) is 3.49. The van der Waals surface area contributed by atoms with E-state index in [1.54, 1.807) is 36.4 Å². The molecular formula is C25H22N2O7S. The van der Waals surface area contributed by atoms with Crippen molar-refractivity contribution >= 4 is 38.2 Å². The lowest BCUT2D eigenvalue weighted by Crippen LogP contribution is -2.30. The number of furan rings is 1. The van der Waals surface area contributed by atoms with Gasteiger partial charge in [0.05, 0.1) is 34.1 Å². The van der Waals surface area contributed by atoms with Crippen molar-refractivity contribution in [3.63, 3.8) is 0 Å². The van der Waals surface area contributed by atoms with Crippen LogP contribution in [0.25, 0.3) is 10.1 Å². The molecule has 2 aromatic heterocycles. The van der Waals surface area contributed by atoms with Crippen molar-refractivity contribution in [3.05, 3.63) is 81.9 Å². The van der Waals surface area contributed by atoms with E-state index in [0.717, 1.165) is 11.3 Å². The fourth-order valence-corrected chi connectivity index (χ4v) is 4.56. The predicted octanol–water partition coefficient (Wildman–Crippen LogP) is 4.06. The number of amides is 2. The maximum atomic E-state index is 13.3. The molecule has 4 rings (SSSR count). The largest absolute Gasteiger partial charge is 0.493 e. The van der Waals surface area contributed by atoms with E-state index in [1.807, 2.05) is 0 Å². The Morgan fingerprint density at radius 2 is 1.66 bits per heavy atom. The van der Waals surface area contributed by atoms with Gasteiger partial charge >= 0.3 is 0 Å². The molecule has 0 aliphatic rings. The van der Waals surface area contributed by atoms with Crippen LogP contribution >= 0.6 is 11.3 Å². The lowest BCUT2D eigenvalue weighted by molar-refractivity contribution is 0.0948. The summed E-state index contributed by atoms with van der Waals surface area (Å²) in [5.74, 6) is 0.252. The Labute approximate surface area is 204 Å². The first-order chi connectivity index (χ1) is 17.0. The first kappa shape index (κ1) is 23.8. The molecule has 0 saturated carbocycles. The molecule has 4 aromatic rings. The highest BCUT2D eigenvalue weighted by Crippen LogP contribution is 2.38. The van der Waals surface area contributed by atoms with Gasteiger partial charge in [-0.2, -0.15) is 0 Å². The summed E-state index contributed by atoms with van der Waals surface area (Å²) in [6.07, 6.45) is 1.49. The van der Waals surface area contributed by atoms with Crippen LogP contribution in [-0.4, -0.2) is 33.1 Å². The average Bonchev–Trinajstić information content (AvgIpc) is 3.40. The molecular weight excluding hydrogens is 472 g/mol. The van der Waals surface area contributed by atoms with Crippen LogP contribution in [0.15, 0.2) is 64.0 Å². The normalized spacial score (nSPS) is 10.6. The van der Waals surface area contributed by atoms with E-state index in [0.29, 0.717) is 33.1 Å². The van der Waals surface area contributed by atoms with Crippen LogP contribution in [0.1, 0.15) is 26.5 Å². The van der Waals surface area contributed by atoms with Gasteiger partial charge in [0.2, 0.25) is 11.2 Å². The second-order valence-corrected chi connectivity index (χ2v) is 8.31. The number of hydrogen-bond donors (Lipinski definition) is 2. The van der Waals surface area contributed by atoms with Crippen LogP contribution in [0.2, 0.25) is 0 Å². The quantitative estimate of drug-likeness (QED) is 0.379. The Hall–Kier alpha value is -4.31. The minimum Gasteiger partial charge on any atom is -0.493 e. The summed E-state index contributed by atoms with van der Waals surface area (Å²) >= 11 is 1.13. The summed E-state index contributed by atoms with van der Waals surface area (Å²) in [4.78, 5) is 39.6. The number of nitrogens with one attached hydrogen (secondary N) is 2. The van der Waals surface area contributed by atoms with Crippen LogP contribution < -0.4 is 30.3 Å². The molecule has 9 nitrogen and oxygen atoms in total. The molecule has 2 N–H and O–H groups in total. The zero-order valence-electron chi connectivity index (χ0n) is 19.2. The summed E-state index contributed by atoms with van der Waals surface area (Å²) in [7, 11) is 4.34. The summed E-state index contributed by atoms with van der Waals surface area (Å²) < 4.78 is 21.8. The Kier molecular flexibility index (Phi) is 7.02. The number of hydrogen-bond acceptors (Lipinski definition) is 8. The first-order valence-electron chi connectivity index (χ1n) is 10.4. The lowest BCUT2D eigenvalue weighted by atomic mass is 10.1. The monoisotopic (exact) mass is 494 g/mol. The van der Waals surface area contributed by atoms with Gasteiger partial charge in [-0.3, -0.25) is 14.4 Å². The minimum absolute atomic E-state index is 0.0863. The lowest BCUT2D eigenvalue weighted by Gasteiger charge is -2.15. The van der Waals surface area contributed by atoms with Crippen LogP contribution in [0.5, 0.6) is 17.2 Å². The van der Waals surface area contributed by atoms with Crippen LogP contribution in [0.3, 0.4) is 0 Å². The number of anilines is 1. The number of fused-ring (bicyclic) bond motifs is 1. The van der Waals surface area contributed by atoms with E-state index < -0.39 is 17.2 Å². The Morgan fingerprint density at radius 3 is 2.29 bits per heavy atom.